The van der Waals surface area contributed by atoms with Crippen molar-refractivity contribution >= 4 is 0 Å². The zero-order valence-electron chi connectivity index (χ0n) is 10.6. The molecule has 0 saturated heterocycles. The van der Waals surface area contributed by atoms with E-state index in [2.05, 4.69) is 46.5 Å². The molecule has 0 saturated carbocycles. The Hall–Kier alpha value is -0.300. The zero-order valence-corrected chi connectivity index (χ0v) is 10.6. The standard InChI is InChI=1S/C13H27N/c1-7-8-9-11(2)12(3)10-14-13(4,5)6/h7,11-12,14H,1,8-10H2,2-6H3. The van der Waals surface area contributed by atoms with Crippen molar-refractivity contribution in [2.45, 2.75) is 53.0 Å². The fraction of sp³-hybridized carbons (Fsp3) is 0.846. The monoisotopic (exact) mass is 197 g/mol. The summed E-state index contributed by atoms with van der Waals surface area (Å²) >= 11 is 0. The lowest BCUT2D eigenvalue weighted by molar-refractivity contribution is 0.308. The van der Waals surface area contributed by atoms with E-state index in [1.54, 1.807) is 0 Å². The topological polar surface area (TPSA) is 12.0 Å². The average molecular weight is 197 g/mol. The van der Waals surface area contributed by atoms with E-state index in [-0.39, 0.29) is 5.54 Å². The number of nitrogens with one attached hydrogen (secondary N) is 1. The molecule has 0 bridgehead atoms. The molecule has 0 aliphatic heterocycles. The maximum absolute atomic E-state index is 3.76. The Morgan fingerprint density at radius 3 is 2.21 bits per heavy atom. The van der Waals surface area contributed by atoms with Gasteiger partial charge in [0.05, 0.1) is 0 Å². The van der Waals surface area contributed by atoms with Crippen LogP contribution in [0.15, 0.2) is 12.7 Å². The van der Waals surface area contributed by atoms with Crippen LogP contribution in [-0.2, 0) is 0 Å². The van der Waals surface area contributed by atoms with Crippen LogP contribution in [0.1, 0.15) is 47.5 Å². The summed E-state index contributed by atoms with van der Waals surface area (Å²) in [5.74, 6) is 1.53. The second-order valence-electron chi connectivity index (χ2n) is 5.45. The summed E-state index contributed by atoms with van der Waals surface area (Å²) in [5, 5.41) is 3.55. The lowest BCUT2D eigenvalue weighted by Crippen LogP contribution is -2.39. The molecule has 0 spiro atoms. The third-order valence-corrected chi connectivity index (χ3v) is 2.75. The van der Waals surface area contributed by atoms with Gasteiger partial charge in [0.25, 0.3) is 0 Å². The smallest absolute Gasteiger partial charge is 0.00966 e. The van der Waals surface area contributed by atoms with Crippen LogP contribution in [0.5, 0.6) is 0 Å². The molecule has 0 radical (unpaired) electrons. The highest BCUT2D eigenvalue weighted by Gasteiger charge is 2.15. The van der Waals surface area contributed by atoms with E-state index in [4.69, 9.17) is 0 Å². The molecule has 0 heterocycles. The van der Waals surface area contributed by atoms with Gasteiger partial charge in [0.1, 0.15) is 0 Å². The van der Waals surface area contributed by atoms with Gasteiger partial charge in [-0.15, -0.1) is 6.58 Å². The third kappa shape index (κ3) is 7.14. The Balaban J connectivity index is 3.72. The van der Waals surface area contributed by atoms with E-state index in [1.165, 1.54) is 6.42 Å². The van der Waals surface area contributed by atoms with Crippen LogP contribution < -0.4 is 5.32 Å². The van der Waals surface area contributed by atoms with E-state index >= 15 is 0 Å². The van der Waals surface area contributed by atoms with Gasteiger partial charge in [-0.05, 0) is 52.0 Å². The van der Waals surface area contributed by atoms with Crippen LogP contribution in [0.3, 0.4) is 0 Å². The largest absolute Gasteiger partial charge is 0.312 e. The quantitative estimate of drug-likeness (QED) is 0.641. The van der Waals surface area contributed by atoms with Gasteiger partial charge in [-0.3, -0.25) is 0 Å². The predicted molar refractivity (Wildman–Crippen MR) is 65.5 cm³/mol. The highest BCUT2D eigenvalue weighted by molar-refractivity contribution is 4.75. The first-order valence-electron chi connectivity index (χ1n) is 5.72. The van der Waals surface area contributed by atoms with Gasteiger partial charge in [0, 0.05) is 5.54 Å². The fourth-order valence-electron chi connectivity index (χ4n) is 1.33. The normalized spacial score (nSPS) is 16.4. The molecule has 0 aromatic rings. The van der Waals surface area contributed by atoms with E-state index in [1.807, 2.05) is 6.08 Å². The van der Waals surface area contributed by atoms with Gasteiger partial charge in [-0.25, -0.2) is 0 Å². The van der Waals surface area contributed by atoms with Crippen molar-refractivity contribution in [1.29, 1.82) is 0 Å². The molecule has 1 N–H and O–H groups in total. The van der Waals surface area contributed by atoms with Crippen molar-refractivity contribution < 1.29 is 0 Å². The summed E-state index contributed by atoms with van der Waals surface area (Å²) in [6.07, 6.45) is 4.41. The molecule has 14 heavy (non-hydrogen) atoms. The van der Waals surface area contributed by atoms with Gasteiger partial charge in [0.2, 0.25) is 0 Å². The van der Waals surface area contributed by atoms with Gasteiger partial charge in [-0.2, -0.15) is 0 Å². The lowest BCUT2D eigenvalue weighted by Gasteiger charge is -2.26. The number of hydrogen-bond acceptors (Lipinski definition) is 1. The molecule has 2 unspecified atom stereocenters. The van der Waals surface area contributed by atoms with Gasteiger partial charge < -0.3 is 5.32 Å². The molecule has 0 fully saturated rings. The zero-order chi connectivity index (χ0) is 11.2. The number of hydrogen-bond donors (Lipinski definition) is 1. The molecule has 0 aliphatic carbocycles. The van der Waals surface area contributed by atoms with Crippen LogP contribution in [0.2, 0.25) is 0 Å². The molecule has 0 rings (SSSR count). The van der Waals surface area contributed by atoms with E-state index in [0.717, 1.165) is 24.8 Å². The number of allylic oxidation sites excluding steroid dienone is 1. The van der Waals surface area contributed by atoms with Crippen LogP contribution in [0, 0.1) is 11.8 Å². The molecule has 0 amide bonds. The average Bonchev–Trinajstić information content (AvgIpc) is 2.09. The number of rotatable bonds is 6. The minimum atomic E-state index is 0.242. The van der Waals surface area contributed by atoms with Gasteiger partial charge >= 0.3 is 0 Å². The van der Waals surface area contributed by atoms with Crippen molar-refractivity contribution in [3.8, 4) is 0 Å². The molecule has 84 valence electrons. The molecule has 0 aromatic heterocycles. The first-order valence-corrected chi connectivity index (χ1v) is 5.72. The Labute approximate surface area is 90.0 Å². The van der Waals surface area contributed by atoms with Gasteiger partial charge in [0.15, 0.2) is 0 Å². The SMILES string of the molecule is C=CCCC(C)C(C)CNC(C)(C)C. The maximum Gasteiger partial charge on any atom is 0.00966 e. The minimum absolute atomic E-state index is 0.242. The predicted octanol–water partition coefficient (Wildman–Crippen LogP) is 3.61. The summed E-state index contributed by atoms with van der Waals surface area (Å²) < 4.78 is 0. The highest BCUT2D eigenvalue weighted by atomic mass is 14.9. The fourth-order valence-corrected chi connectivity index (χ4v) is 1.33. The lowest BCUT2D eigenvalue weighted by atomic mass is 9.91. The van der Waals surface area contributed by atoms with E-state index < -0.39 is 0 Å². The van der Waals surface area contributed by atoms with Crippen molar-refractivity contribution in [2.75, 3.05) is 6.54 Å². The first kappa shape index (κ1) is 13.7. The van der Waals surface area contributed by atoms with Gasteiger partial charge in [-0.1, -0.05) is 19.9 Å². The van der Waals surface area contributed by atoms with Crippen molar-refractivity contribution in [3.05, 3.63) is 12.7 Å². The van der Waals surface area contributed by atoms with Crippen LogP contribution in [-0.4, -0.2) is 12.1 Å². The molecular weight excluding hydrogens is 170 g/mol. The van der Waals surface area contributed by atoms with Crippen LogP contribution in [0.25, 0.3) is 0 Å². The van der Waals surface area contributed by atoms with E-state index in [0.29, 0.717) is 0 Å². The molecule has 0 aliphatic rings. The summed E-state index contributed by atoms with van der Waals surface area (Å²) in [6, 6.07) is 0. The van der Waals surface area contributed by atoms with E-state index in [9.17, 15) is 0 Å². The second-order valence-corrected chi connectivity index (χ2v) is 5.45. The summed E-state index contributed by atoms with van der Waals surface area (Å²) in [4.78, 5) is 0. The summed E-state index contributed by atoms with van der Waals surface area (Å²) in [7, 11) is 0. The Morgan fingerprint density at radius 2 is 1.79 bits per heavy atom. The van der Waals surface area contributed by atoms with Crippen molar-refractivity contribution in [1.82, 2.24) is 5.32 Å². The Kier molecular flexibility index (Phi) is 6.10. The molecule has 1 heteroatoms. The first-order chi connectivity index (χ1) is 6.37. The molecular formula is C13H27N. The molecule has 0 aromatic carbocycles. The minimum Gasteiger partial charge on any atom is -0.312 e. The second kappa shape index (κ2) is 6.23. The Bertz CT molecular complexity index is 155. The van der Waals surface area contributed by atoms with Crippen molar-refractivity contribution in [2.24, 2.45) is 11.8 Å². The Morgan fingerprint density at radius 1 is 1.21 bits per heavy atom. The van der Waals surface area contributed by atoms with Crippen LogP contribution >= 0.6 is 0 Å². The van der Waals surface area contributed by atoms with Crippen LogP contribution in [0.4, 0.5) is 0 Å². The summed E-state index contributed by atoms with van der Waals surface area (Å²) in [5.41, 5.74) is 0.242. The van der Waals surface area contributed by atoms with Crippen molar-refractivity contribution in [3.63, 3.8) is 0 Å². The highest BCUT2D eigenvalue weighted by Crippen LogP contribution is 2.17. The summed E-state index contributed by atoms with van der Waals surface area (Å²) in [6.45, 7) is 16.2. The molecule has 1 nitrogen and oxygen atoms in total. The third-order valence-electron chi connectivity index (χ3n) is 2.75. The molecule has 2 atom stereocenters. The maximum atomic E-state index is 3.76.